The Morgan fingerprint density at radius 2 is 1.87 bits per heavy atom. The highest BCUT2D eigenvalue weighted by atomic mass is 32.1. The predicted molar refractivity (Wildman–Crippen MR) is 175 cm³/mol. The van der Waals surface area contributed by atoms with E-state index in [4.69, 9.17) is 9.47 Å². The third kappa shape index (κ3) is 7.00. The molecule has 0 radical (unpaired) electrons. The molecule has 1 fully saturated rings. The number of hydrogen-bond donors (Lipinski definition) is 2. The number of carbonyl (C=O) groups excluding carboxylic acids is 3. The average molecular weight is 670 g/mol. The third-order valence-corrected chi connectivity index (χ3v) is 9.74. The predicted octanol–water partition coefficient (Wildman–Crippen LogP) is 5.17. The largest absolute Gasteiger partial charge is 0.488 e. The molecule has 5 heterocycles. The Hall–Kier alpha value is -5.14. The van der Waals surface area contributed by atoms with Crippen molar-refractivity contribution in [3.63, 3.8) is 0 Å². The fraction of sp³-hybridized carbons (Fsp3) is 0.206. The molecule has 10 nitrogen and oxygen atoms in total. The SMILES string of the molecule is O=C1COc2cccc(c2)-c2cncc(c2)C(=O)N[C@@H]2CN(C(=O)c3csc(-c4cccs4)n3)CC[C@@H]2Oc2cc(F)cc(c2)CN1. The lowest BCUT2D eigenvalue weighted by Gasteiger charge is -2.38. The van der Waals surface area contributed by atoms with Crippen LogP contribution in [0.3, 0.4) is 0 Å². The summed E-state index contributed by atoms with van der Waals surface area (Å²) in [5.74, 6) is -0.857. The van der Waals surface area contributed by atoms with E-state index in [0.717, 1.165) is 15.4 Å². The summed E-state index contributed by atoms with van der Waals surface area (Å²) in [5, 5.41) is 10.3. The molecule has 47 heavy (non-hydrogen) atoms. The molecule has 238 valence electrons. The molecule has 0 spiro atoms. The summed E-state index contributed by atoms with van der Waals surface area (Å²) in [6.07, 6.45) is 2.88. The minimum Gasteiger partial charge on any atom is -0.488 e. The van der Waals surface area contributed by atoms with Crippen LogP contribution in [0.2, 0.25) is 0 Å². The zero-order chi connectivity index (χ0) is 32.3. The summed E-state index contributed by atoms with van der Waals surface area (Å²) in [6, 6.07) is 16.3. The molecule has 3 aromatic heterocycles. The number of aromatic nitrogens is 2. The molecule has 5 aromatic rings. The van der Waals surface area contributed by atoms with E-state index in [1.165, 1.54) is 29.7 Å². The van der Waals surface area contributed by atoms with E-state index in [2.05, 4.69) is 20.6 Å². The molecule has 2 aliphatic rings. The maximum absolute atomic E-state index is 14.7. The number of amides is 3. The van der Waals surface area contributed by atoms with Gasteiger partial charge in [0, 0.05) is 55.5 Å². The number of thiazole rings is 1. The fourth-order valence-corrected chi connectivity index (χ4v) is 7.16. The van der Waals surface area contributed by atoms with Gasteiger partial charge in [-0.05, 0) is 52.9 Å². The first kappa shape index (κ1) is 30.5. The summed E-state index contributed by atoms with van der Waals surface area (Å²) in [4.78, 5) is 51.4. The van der Waals surface area contributed by atoms with Crippen molar-refractivity contribution in [1.29, 1.82) is 0 Å². The highest BCUT2D eigenvalue weighted by Gasteiger charge is 2.35. The first-order valence-corrected chi connectivity index (χ1v) is 16.6. The van der Waals surface area contributed by atoms with Crippen LogP contribution in [0, 0.1) is 5.82 Å². The van der Waals surface area contributed by atoms with Crippen LogP contribution in [0.25, 0.3) is 21.0 Å². The van der Waals surface area contributed by atoms with Crippen LogP contribution < -0.4 is 20.1 Å². The highest BCUT2D eigenvalue weighted by Crippen LogP contribution is 2.30. The van der Waals surface area contributed by atoms with Crippen LogP contribution in [0.1, 0.15) is 32.8 Å². The van der Waals surface area contributed by atoms with Crippen molar-refractivity contribution in [3.8, 4) is 32.5 Å². The minimum absolute atomic E-state index is 0.0576. The first-order chi connectivity index (χ1) is 22.9. The number of halogens is 1. The van der Waals surface area contributed by atoms with E-state index < -0.39 is 23.9 Å². The van der Waals surface area contributed by atoms with E-state index in [1.54, 1.807) is 58.1 Å². The van der Waals surface area contributed by atoms with Crippen LogP contribution in [0.5, 0.6) is 11.5 Å². The summed E-state index contributed by atoms with van der Waals surface area (Å²) < 4.78 is 26.7. The Labute approximate surface area is 277 Å². The third-order valence-electron chi connectivity index (χ3n) is 7.85. The lowest BCUT2D eigenvalue weighted by atomic mass is 10.00. The molecule has 2 aromatic carbocycles. The van der Waals surface area contributed by atoms with Gasteiger partial charge in [0.2, 0.25) is 0 Å². The maximum Gasteiger partial charge on any atom is 0.273 e. The molecule has 2 aliphatic heterocycles. The number of nitrogens with zero attached hydrogens (tertiary/aromatic N) is 3. The topological polar surface area (TPSA) is 123 Å². The molecule has 0 unspecified atom stereocenters. The van der Waals surface area contributed by atoms with Gasteiger partial charge in [0.1, 0.15) is 34.1 Å². The molecule has 2 N–H and O–H groups in total. The van der Waals surface area contributed by atoms with Crippen LogP contribution in [-0.4, -0.2) is 64.4 Å². The normalized spacial score (nSPS) is 18.3. The second kappa shape index (κ2) is 13.3. The number of carbonyl (C=O) groups is 3. The van der Waals surface area contributed by atoms with Gasteiger partial charge in [-0.2, -0.15) is 0 Å². The van der Waals surface area contributed by atoms with Crippen molar-refractivity contribution in [2.45, 2.75) is 25.1 Å². The van der Waals surface area contributed by atoms with Gasteiger partial charge in [-0.15, -0.1) is 22.7 Å². The summed E-state index contributed by atoms with van der Waals surface area (Å²) >= 11 is 2.96. The Morgan fingerprint density at radius 3 is 2.74 bits per heavy atom. The van der Waals surface area contributed by atoms with Crippen LogP contribution >= 0.6 is 22.7 Å². The van der Waals surface area contributed by atoms with Crippen molar-refractivity contribution in [2.75, 3.05) is 19.7 Å². The summed E-state index contributed by atoms with van der Waals surface area (Å²) in [7, 11) is 0. The Morgan fingerprint density at radius 1 is 0.979 bits per heavy atom. The van der Waals surface area contributed by atoms with Gasteiger partial charge in [0.05, 0.1) is 16.5 Å². The van der Waals surface area contributed by atoms with Crippen LogP contribution in [0.4, 0.5) is 4.39 Å². The van der Waals surface area contributed by atoms with Gasteiger partial charge < -0.3 is 25.0 Å². The van der Waals surface area contributed by atoms with Crippen molar-refractivity contribution in [2.24, 2.45) is 0 Å². The second-order valence-electron chi connectivity index (χ2n) is 11.1. The molecule has 0 saturated carbocycles. The average Bonchev–Trinajstić information content (AvgIpc) is 3.80. The standard InChI is InChI=1S/C34H28FN5O5S2/c35-24-9-20-10-26(13-24)45-29-6-7-40(34(43)28-19-47-33(39-28)30-5-2-8-46-30)17-27(29)38-32(42)23-11-22(15-36-16-23)21-3-1-4-25(12-21)44-18-31(41)37-14-20/h1-5,8-13,15-16,19,27,29H,6-7,14,17-18H2,(H,37,41)(H,38,42)/t27-,29+/m1/s1. The van der Waals surface area contributed by atoms with Crippen molar-refractivity contribution in [3.05, 3.63) is 106 Å². The molecular weight excluding hydrogens is 642 g/mol. The summed E-state index contributed by atoms with van der Waals surface area (Å²) in [5.41, 5.74) is 2.56. The molecule has 3 amide bonds. The van der Waals surface area contributed by atoms with E-state index in [1.807, 2.05) is 23.6 Å². The van der Waals surface area contributed by atoms with Crippen LogP contribution in [-0.2, 0) is 11.3 Å². The van der Waals surface area contributed by atoms with E-state index in [-0.39, 0.29) is 37.3 Å². The first-order valence-electron chi connectivity index (χ1n) is 14.9. The number of likely N-dealkylation sites (tertiary alicyclic amines) is 1. The number of fused-ring (bicyclic) bond motifs is 8. The number of nitrogens with one attached hydrogen (secondary N) is 2. The second-order valence-corrected chi connectivity index (χ2v) is 12.9. The Balaban J connectivity index is 1.19. The van der Waals surface area contributed by atoms with Crippen molar-refractivity contribution < 1.29 is 28.2 Å². The van der Waals surface area contributed by atoms with Crippen molar-refractivity contribution in [1.82, 2.24) is 25.5 Å². The van der Waals surface area contributed by atoms with E-state index in [9.17, 15) is 18.8 Å². The van der Waals surface area contributed by atoms with Gasteiger partial charge in [0.15, 0.2) is 6.61 Å². The number of rotatable bonds is 2. The number of pyridine rings is 1. The number of benzene rings is 2. The zero-order valence-electron chi connectivity index (χ0n) is 24.9. The molecule has 1 saturated heterocycles. The number of piperidine rings is 1. The zero-order valence-corrected chi connectivity index (χ0v) is 26.5. The highest BCUT2D eigenvalue weighted by molar-refractivity contribution is 7.20. The maximum atomic E-state index is 14.7. The number of ether oxygens (including phenoxy) is 2. The van der Waals surface area contributed by atoms with Gasteiger partial charge in [0.25, 0.3) is 17.7 Å². The monoisotopic (exact) mass is 669 g/mol. The molecule has 6 bridgehead atoms. The lowest BCUT2D eigenvalue weighted by Crippen LogP contribution is -2.58. The van der Waals surface area contributed by atoms with E-state index in [0.29, 0.717) is 41.1 Å². The smallest absolute Gasteiger partial charge is 0.273 e. The summed E-state index contributed by atoms with van der Waals surface area (Å²) in [6.45, 7) is 0.305. The lowest BCUT2D eigenvalue weighted by molar-refractivity contribution is -0.123. The Kier molecular flexibility index (Phi) is 8.64. The minimum atomic E-state index is -0.649. The molecule has 7 rings (SSSR count). The van der Waals surface area contributed by atoms with Gasteiger partial charge in [-0.25, -0.2) is 9.37 Å². The molecule has 0 aliphatic carbocycles. The van der Waals surface area contributed by atoms with E-state index >= 15 is 0 Å². The molecular formula is C34H28FN5O5S2. The van der Waals surface area contributed by atoms with Crippen molar-refractivity contribution >= 4 is 40.4 Å². The van der Waals surface area contributed by atoms with Gasteiger partial charge in [-0.3, -0.25) is 19.4 Å². The fourth-order valence-electron chi connectivity index (χ4n) is 5.55. The van der Waals surface area contributed by atoms with Crippen LogP contribution in [0.15, 0.2) is 83.8 Å². The molecule has 2 atom stereocenters. The number of thiophene rings is 1. The molecule has 13 heteroatoms. The quantitative estimate of drug-likeness (QED) is 0.266. The number of hydrogen-bond acceptors (Lipinski definition) is 9. The Bertz CT molecular complexity index is 1950. The van der Waals surface area contributed by atoms with Gasteiger partial charge in [-0.1, -0.05) is 18.2 Å². The van der Waals surface area contributed by atoms with Gasteiger partial charge >= 0.3 is 0 Å².